The maximum absolute atomic E-state index is 9.96. The Balaban J connectivity index is 0.873. The van der Waals surface area contributed by atoms with E-state index in [-0.39, 0.29) is 5.75 Å². The molecule has 69 heavy (non-hydrogen) atoms. The minimum atomic E-state index is 0.145. The van der Waals surface area contributed by atoms with Crippen LogP contribution in [0.1, 0.15) is 0 Å². The molecular formula is C59H40N6O4. The fourth-order valence-electron chi connectivity index (χ4n) is 8.69. The minimum Gasteiger partial charge on any atom is -0.508 e. The lowest BCUT2D eigenvalue weighted by atomic mass is 10.0. The van der Waals surface area contributed by atoms with Crippen LogP contribution in [0, 0.1) is 0 Å². The maximum Gasteiger partial charge on any atom is 0.227 e. The molecule has 0 atom stereocenters. The van der Waals surface area contributed by atoms with Gasteiger partial charge in [-0.05, 0) is 133 Å². The topological polar surface area (TPSA) is 114 Å². The summed E-state index contributed by atoms with van der Waals surface area (Å²) >= 11 is 0. The predicted octanol–water partition coefficient (Wildman–Crippen LogP) is 15.2. The van der Waals surface area contributed by atoms with Gasteiger partial charge in [-0.15, -0.1) is 0 Å². The first-order chi connectivity index (χ1) is 34.0. The summed E-state index contributed by atoms with van der Waals surface area (Å²) in [7, 11) is 1.64. The first kappa shape index (κ1) is 40.9. The third kappa shape index (κ3) is 7.91. The second-order valence-electron chi connectivity index (χ2n) is 16.5. The van der Waals surface area contributed by atoms with Gasteiger partial charge in [0.05, 0.1) is 29.5 Å². The number of nitrogens with zero attached hydrogens (tertiary/aromatic N) is 6. The number of aromatic hydroxyl groups is 1. The molecule has 1 N–H and O–H groups in total. The van der Waals surface area contributed by atoms with Gasteiger partial charge in [-0.3, -0.25) is 0 Å². The molecule has 12 aromatic rings. The molecule has 12 rings (SSSR count). The van der Waals surface area contributed by atoms with Crippen molar-refractivity contribution < 1.29 is 18.7 Å². The summed E-state index contributed by atoms with van der Waals surface area (Å²) in [4.78, 5) is 24.3. The number of rotatable bonds is 11. The third-order valence-corrected chi connectivity index (χ3v) is 12.1. The van der Waals surface area contributed by atoms with Crippen molar-refractivity contribution in [1.82, 2.24) is 19.9 Å². The highest BCUT2D eigenvalue weighted by molar-refractivity contribution is 5.89. The Morgan fingerprint density at radius 3 is 1.17 bits per heavy atom. The number of methoxy groups -OCH3 is 1. The van der Waals surface area contributed by atoms with Gasteiger partial charge in [0.1, 0.15) is 22.5 Å². The summed E-state index contributed by atoms with van der Waals surface area (Å²) in [5.74, 6) is 1.91. The molecule has 0 amide bonds. The van der Waals surface area contributed by atoms with E-state index in [0.29, 0.717) is 28.5 Å². The molecule has 330 valence electrons. The molecule has 0 radical (unpaired) electrons. The fourth-order valence-corrected chi connectivity index (χ4v) is 8.69. The summed E-state index contributed by atoms with van der Waals surface area (Å²) < 4.78 is 17.5. The molecule has 10 heteroatoms. The van der Waals surface area contributed by atoms with Crippen LogP contribution >= 0.6 is 0 Å². The van der Waals surface area contributed by atoms with Crippen molar-refractivity contribution in [3.05, 3.63) is 218 Å². The number of anilines is 6. The zero-order valence-electron chi connectivity index (χ0n) is 37.1. The second-order valence-corrected chi connectivity index (χ2v) is 16.5. The van der Waals surface area contributed by atoms with Gasteiger partial charge >= 0.3 is 0 Å². The summed E-state index contributed by atoms with van der Waals surface area (Å²) in [5, 5.41) is 9.96. The van der Waals surface area contributed by atoms with Crippen molar-refractivity contribution in [1.29, 1.82) is 0 Å². The lowest BCUT2D eigenvalue weighted by molar-refractivity contribution is 0.415. The zero-order valence-corrected chi connectivity index (χ0v) is 37.1. The molecule has 0 fully saturated rings. The highest BCUT2D eigenvalue weighted by atomic mass is 16.5. The number of benzene rings is 9. The number of hydrogen-bond donors (Lipinski definition) is 1. The number of hydrogen-bond acceptors (Lipinski definition) is 10. The van der Waals surface area contributed by atoms with Gasteiger partial charge in [0.2, 0.25) is 11.8 Å². The monoisotopic (exact) mass is 896 g/mol. The van der Waals surface area contributed by atoms with E-state index < -0.39 is 0 Å². The molecule has 0 spiro atoms. The fraction of sp³-hybridized carbons (Fsp3) is 0.0169. The Hall–Kier alpha value is -9.54. The normalized spacial score (nSPS) is 11.3. The van der Waals surface area contributed by atoms with Gasteiger partial charge in [0.25, 0.3) is 0 Å². The molecule has 0 unspecified atom stereocenters. The van der Waals surface area contributed by atoms with E-state index in [1.807, 2.05) is 103 Å². The van der Waals surface area contributed by atoms with E-state index in [1.54, 1.807) is 25.3 Å². The van der Waals surface area contributed by atoms with Crippen molar-refractivity contribution in [3.8, 4) is 56.9 Å². The molecule has 0 aliphatic rings. The third-order valence-electron chi connectivity index (χ3n) is 12.1. The van der Waals surface area contributed by atoms with Crippen LogP contribution in [0.25, 0.3) is 78.7 Å². The van der Waals surface area contributed by atoms with E-state index in [0.717, 1.165) is 90.1 Å². The molecule has 10 nitrogen and oxygen atoms in total. The SMILES string of the molecule is COc1ccc2oc(-c3ccc(N(c4ccccc4)c4ccc(-c5nc6ccccc6nc5-c5ccc(N(c6ccccc6)c6ccc(-c7nc8cc(O)ccc8o7)cc6)cc5)cc4)cc3)nc2c1. The number of aromatic nitrogens is 4. The van der Waals surface area contributed by atoms with Gasteiger partial charge < -0.3 is 28.5 Å². The molecule has 0 bridgehead atoms. The van der Waals surface area contributed by atoms with E-state index >= 15 is 0 Å². The molecule has 0 aliphatic carbocycles. The van der Waals surface area contributed by atoms with E-state index in [2.05, 4.69) is 112 Å². The summed E-state index contributed by atoms with van der Waals surface area (Å²) in [6.45, 7) is 0. The summed E-state index contributed by atoms with van der Waals surface area (Å²) in [5.41, 5.74) is 15.3. The number of ether oxygens (including phenoxy) is 1. The molecule has 3 aromatic heterocycles. The number of phenolic OH excluding ortho intramolecular Hbond substituents is 1. The van der Waals surface area contributed by atoms with Crippen LogP contribution in [0.2, 0.25) is 0 Å². The van der Waals surface area contributed by atoms with Crippen molar-refractivity contribution in [2.45, 2.75) is 0 Å². The first-order valence-corrected chi connectivity index (χ1v) is 22.4. The standard InChI is InChI=1S/C59H40N6O4/c1-67-49-33-35-55-53(37-49)63-59(69-55)41-22-30-47(31-23-41)65(43-12-6-3-7-13-43)45-26-18-39(19-27-45)57-56(60-50-14-8-9-15-51(50)61-57)38-16-24-44(25-17-38)64(42-10-4-2-5-11-42)46-28-20-40(21-29-46)58-62-52-36-48(66)32-34-54(52)68-58/h2-37,66H,1H3. The van der Waals surface area contributed by atoms with E-state index in [4.69, 9.17) is 28.5 Å². The summed E-state index contributed by atoms with van der Waals surface area (Å²) in [6, 6.07) is 72.5. The van der Waals surface area contributed by atoms with Crippen LogP contribution in [0.15, 0.2) is 227 Å². The number of fused-ring (bicyclic) bond motifs is 3. The Kier molecular flexibility index (Phi) is 10.3. The highest BCUT2D eigenvalue weighted by Gasteiger charge is 2.20. The quantitative estimate of drug-likeness (QED) is 0.135. The average Bonchev–Trinajstić information content (AvgIpc) is 4.04. The zero-order chi connectivity index (χ0) is 46.3. The van der Waals surface area contributed by atoms with Crippen molar-refractivity contribution in [3.63, 3.8) is 0 Å². The van der Waals surface area contributed by atoms with Gasteiger partial charge in [0.15, 0.2) is 11.2 Å². The molecule has 3 heterocycles. The molecule has 0 aliphatic heterocycles. The van der Waals surface area contributed by atoms with Crippen LogP contribution in [0.5, 0.6) is 11.5 Å². The molecular weight excluding hydrogens is 857 g/mol. The van der Waals surface area contributed by atoms with Gasteiger partial charge in [0, 0.05) is 68.5 Å². The number of phenols is 1. The molecule has 0 saturated heterocycles. The lowest BCUT2D eigenvalue weighted by Crippen LogP contribution is -2.10. The van der Waals surface area contributed by atoms with Gasteiger partial charge in [-0.2, -0.15) is 0 Å². The largest absolute Gasteiger partial charge is 0.508 e. The van der Waals surface area contributed by atoms with Gasteiger partial charge in [-0.1, -0.05) is 72.8 Å². The Bertz CT molecular complexity index is 3760. The molecule has 9 aromatic carbocycles. The smallest absolute Gasteiger partial charge is 0.227 e. The van der Waals surface area contributed by atoms with E-state index in [9.17, 15) is 5.11 Å². The van der Waals surface area contributed by atoms with Crippen molar-refractivity contribution in [2.24, 2.45) is 0 Å². The predicted molar refractivity (Wildman–Crippen MR) is 274 cm³/mol. The van der Waals surface area contributed by atoms with Crippen LogP contribution in [0.3, 0.4) is 0 Å². The average molecular weight is 897 g/mol. The van der Waals surface area contributed by atoms with Crippen LogP contribution in [0.4, 0.5) is 34.1 Å². The van der Waals surface area contributed by atoms with Crippen LogP contribution in [-0.2, 0) is 0 Å². The Labute approximate surface area is 396 Å². The van der Waals surface area contributed by atoms with Crippen molar-refractivity contribution >= 4 is 67.4 Å². The van der Waals surface area contributed by atoms with Crippen LogP contribution < -0.4 is 14.5 Å². The van der Waals surface area contributed by atoms with E-state index in [1.165, 1.54) is 0 Å². The molecule has 0 saturated carbocycles. The lowest BCUT2D eigenvalue weighted by Gasteiger charge is -2.26. The first-order valence-electron chi connectivity index (χ1n) is 22.4. The number of oxazole rings is 2. The Morgan fingerprint density at radius 2 is 0.739 bits per heavy atom. The van der Waals surface area contributed by atoms with Crippen molar-refractivity contribution in [2.75, 3.05) is 16.9 Å². The number of para-hydroxylation sites is 4. The highest BCUT2D eigenvalue weighted by Crippen LogP contribution is 2.41. The van der Waals surface area contributed by atoms with Gasteiger partial charge in [-0.25, -0.2) is 19.9 Å². The Morgan fingerprint density at radius 1 is 0.362 bits per heavy atom. The summed E-state index contributed by atoms with van der Waals surface area (Å²) in [6.07, 6.45) is 0. The van der Waals surface area contributed by atoms with Crippen LogP contribution in [-0.4, -0.2) is 32.2 Å². The second kappa shape index (κ2) is 17.4. The maximum atomic E-state index is 9.96. The minimum absolute atomic E-state index is 0.145.